The molecule has 0 saturated carbocycles. The van der Waals surface area contributed by atoms with E-state index in [0.717, 1.165) is 33.6 Å². The average molecular weight is 793 g/mol. The van der Waals surface area contributed by atoms with E-state index in [9.17, 15) is 0 Å². The van der Waals surface area contributed by atoms with Crippen LogP contribution in [0.4, 0.5) is 0 Å². The molecule has 2 aromatic heterocycles. The van der Waals surface area contributed by atoms with Crippen LogP contribution in [0.3, 0.4) is 0 Å². The lowest BCUT2D eigenvalue weighted by molar-refractivity contribution is 1.18. The van der Waals surface area contributed by atoms with Crippen LogP contribution in [0, 0.1) is 0 Å². The molecule has 0 atom stereocenters. The molecule has 0 aliphatic rings. The second-order valence-electron chi connectivity index (χ2n) is 15.7. The lowest BCUT2D eigenvalue weighted by Crippen LogP contribution is -1.96. The van der Waals surface area contributed by atoms with Gasteiger partial charge in [0.1, 0.15) is 0 Å². The van der Waals surface area contributed by atoms with Crippen molar-refractivity contribution in [2.75, 3.05) is 0 Å². The van der Waals surface area contributed by atoms with Crippen LogP contribution < -0.4 is 0 Å². The lowest BCUT2D eigenvalue weighted by atomic mass is 9.86. The molecule has 2 heterocycles. The fraction of sp³-hybridized carbons (Fsp3) is 0. The van der Waals surface area contributed by atoms with Crippen molar-refractivity contribution in [3.05, 3.63) is 218 Å². The molecule has 0 N–H and O–H groups in total. The molecule has 0 aliphatic carbocycles. The second kappa shape index (κ2) is 14.5. The summed E-state index contributed by atoms with van der Waals surface area (Å²) in [5, 5.41) is 11.3. The molecule has 0 bridgehead atoms. The summed E-state index contributed by atoms with van der Waals surface area (Å²) < 4.78 is 1.29. The van der Waals surface area contributed by atoms with E-state index < -0.39 is 0 Å². The van der Waals surface area contributed by atoms with Crippen LogP contribution >= 0.6 is 11.3 Å². The summed E-state index contributed by atoms with van der Waals surface area (Å²) >= 11 is 1.82. The molecule has 10 aromatic carbocycles. The van der Waals surface area contributed by atoms with Crippen molar-refractivity contribution in [1.82, 2.24) is 9.97 Å². The normalized spacial score (nSPS) is 11.6. The first-order valence-electron chi connectivity index (χ1n) is 20.7. The quantitative estimate of drug-likeness (QED) is 0.124. The van der Waals surface area contributed by atoms with Gasteiger partial charge in [-0.05, 0) is 107 Å². The van der Waals surface area contributed by atoms with Gasteiger partial charge in [-0.25, -0.2) is 9.97 Å². The van der Waals surface area contributed by atoms with Crippen LogP contribution in [0.5, 0.6) is 0 Å². The molecule has 3 heteroatoms. The van der Waals surface area contributed by atoms with Gasteiger partial charge in [0, 0.05) is 26.3 Å². The first kappa shape index (κ1) is 35.2. The molecule has 61 heavy (non-hydrogen) atoms. The monoisotopic (exact) mass is 792 g/mol. The zero-order valence-corrected chi connectivity index (χ0v) is 33.9. The third-order valence-electron chi connectivity index (χ3n) is 12.1. The van der Waals surface area contributed by atoms with Gasteiger partial charge in [-0.3, -0.25) is 0 Å². The highest BCUT2D eigenvalue weighted by molar-refractivity contribution is 7.22. The highest BCUT2D eigenvalue weighted by atomic mass is 32.1. The largest absolute Gasteiger partial charge is 0.228 e. The predicted molar refractivity (Wildman–Crippen MR) is 260 cm³/mol. The van der Waals surface area contributed by atoms with E-state index in [4.69, 9.17) is 9.97 Å². The van der Waals surface area contributed by atoms with Crippen molar-refractivity contribution in [2.24, 2.45) is 0 Å². The molecule has 0 amide bonds. The van der Waals surface area contributed by atoms with Gasteiger partial charge in [-0.1, -0.05) is 188 Å². The van der Waals surface area contributed by atoms with Gasteiger partial charge < -0.3 is 0 Å². The molecule has 0 unspecified atom stereocenters. The molecule has 0 aliphatic heterocycles. The number of hydrogen-bond donors (Lipinski definition) is 0. The predicted octanol–water partition coefficient (Wildman–Crippen LogP) is 16.3. The lowest BCUT2D eigenvalue weighted by Gasteiger charge is -2.17. The number of aromatic nitrogens is 2. The maximum atomic E-state index is 5.17. The average Bonchev–Trinajstić information content (AvgIpc) is 3.78. The molecule has 12 aromatic rings. The first-order valence-corrected chi connectivity index (χ1v) is 21.5. The van der Waals surface area contributed by atoms with E-state index in [0.29, 0.717) is 5.82 Å². The van der Waals surface area contributed by atoms with Crippen molar-refractivity contribution in [1.29, 1.82) is 0 Å². The Labute approximate surface area is 357 Å². The highest BCUT2D eigenvalue weighted by Crippen LogP contribution is 2.44. The Morgan fingerprint density at radius 3 is 1.70 bits per heavy atom. The topological polar surface area (TPSA) is 25.8 Å². The number of hydrogen-bond acceptors (Lipinski definition) is 3. The minimum atomic E-state index is 0.708. The van der Waals surface area contributed by atoms with E-state index >= 15 is 0 Å². The van der Waals surface area contributed by atoms with Gasteiger partial charge in [0.15, 0.2) is 5.82 Å². The third kappa shape index (κ3) is 6.18. The Morgan fingerprint density at radius 1 is 0.295 bits per heavy atom. The maximum Gasteiger partial charge on any atom is 0.160 e. The zero-order chi connectivity index (χ0) is 40.3. The smallest absolute Gasteiger partial charge is 0.160 e. The number of thiophene rings is 1. The fourth-order valence-electron chi connectivity index (χ4n) is 9.12. The molecule has 12 rings (SSSR count). The van der Waals surface area contributed by atoms with Crippen molar-refractivity contribution in [2.45, 2.75) is 0 Å². The third-order valence-corrected chi connectivity index (χ3v) is 13.2. The fourth-order valence-corrected chi connectivity index (χ4v) is 10.2. The minimum absolute atomic E-state index is 0.708. The van der Waals surface area contributed by atoms with Gasteiger partial charge in [-0.15, -0.1) is 11.3 Å². The van der Waals surface area contributed by atoms with Crippen LogP contribution in [0.1, 0.15) is 0 Å². The van der Waals surface area contributed by atoms with Gasteiger partial charge in [0.2, 0.25) is 0 Å². The van der Waals surface area contributed by atoms with Crippen molar-refractivity contribution >= 4 is 64.5 Å². The number of fused-ring (bicyclic) bond motifs is 6. The summed E-state index contributed by atoms with van der Waals surface area (Å²) in [6.45, 7) is 0. The van der Waals surface area contributed by atoms with Crippen LogP contribution in [-0.4, -0.2) is 9.97 Å². The van der Waals surface area contributed by atoms with Gasteiger partial charge >= 0.3 is 0 Å². The summed E-state index contributed by atoms with van der Waals surface area (Å²) in [5.74, 6) is 0.708. The molecule has 0 spiro atoms. The van der Waals surface area contributed by atoms with Crippen LogP contribution in [0.2, 0.25) is 0 Å². The molecular formula is C58H36N2S. The van der Waals surface area contributed by atoms with E-state index in [-0.39, 0.29) is 0 Å². The summed E-state index contributed by atoms with van der Waals surface area (Å²) in [4.78, 5) is 11.6. The van der Waals surface area contributed by atoms with Gasteiger partial charge in [0.25, 0.3) is 0 Å². The minimum Gasteiger partial charge on any atom is -0.228 e. The van der Waals surface area contributed by atoms with Crippen LogP contribution in [-0.2, 0) is 0 Å². The summed E-state index contributed by atoms with van der Waals surface area (Å²) in [7, 11) is 0. The highest BCUT2D eigenvalue weighted by Gasteiger charge is 2.17. The van der Waals surface area contributed by atoms with E-state index in [1.807, 2.05) is 29.5 Å². The van der Waals surface area contributed by atoms with Gasteiger partial charge in [0.05, 0.1) is 11.4 Å². The van der Waals surface area contributed by atoms with Crippen molar-refractivity contribution < 1.29 is 0 Å². The standard InChI is InChI=1S/C58H36N2S/c1-2-14-40(15-3-1)58-59-53(36-54(60-58)42-18-12-19-43(33-42)56-35-44-17-6-11-24-55(44)61-56)39-27-25-38(26-28-39)46-31-32-50(49-23-10-9-22-48(46)49)57-47-21-8-5-16-41(47)34-52-45-20-7-4-13-37(45)29-30-51(52)57/h1-36H. The Balaban J connectivity index is 0.961. The maximum absolute atomic E-state index is 5.17. The number of benzene rings is 10. The summed E-state index contributed by atoms with van der Waals surface area (Å²) in [6, 6.07) is 78.9. The SMILES string of the molecule is c1ccc(-c2nc(-c3ccc(-c4ccc(-c5c6ccccc6cc6c5ccc5ccccc56)c5ccccc45)cc3)cc(-c3cccc(-c4cc5ccccc5s4)c3)n2)cc1. The van der Waals surface area contributed by atoms with E-state index in [2.05, 4.69) is 200 Å². The first-order chi connectivity index (χ1) is 30.2. The van der Waals surface area contributed by atoms with Crippen LogP contribution in [0.25, 0.3) is 120 Å². The molecule has 0 fully saturated rings. The van der Waals surface area contributed by atoms with Gasteiger partial charge in [-0.2, -0.15) is 0 Å². The zero-order valence-electron chi connectivity index (χ0n) is 33.1. The Hall–Kier alpha value is -7.72. The molecule has 0 saturated heterocycles. The number of rotatable bonds is 6. The summed E-state index contributed by atoms with van der Waals surface area (Å²) in [5.41, 5.74) is 10.9. The molecular weight excluding hydrogens is 757 g/mol. The Bertz CT molecular complexity index is 3610. The van der Waals surface area contributed by atoms with Crippen molar-refractivity contribution in [3.8, 4) is 66.6 Å². The molecule has 2 nitrogen and oxygen atoms in total. The van der Waals surface area contributed by atoms with Crippen molar-refractivity contribution in [3.63, 3.8) is 0 Å². The second-order valence-corrected chi connectivity index (χ2v) is 16.8. The van der Waals surface area contributed by atoms with E-state index in [1.165, 1.54) is 80.3 Å². The number of nitrogens with zero attached hydrogens (tertiary/aromatic N) is 2. The Morgan fingerprint density at radius 2 is 0.902 bits per heavy atom. The molecule has 284 valence electrons. The molecule has 0 radical (unpaired) electrons. The summed E-state index contributed by atoms with van der Waals surface area (Å²) in [6.07, 6.45) is 0. The Kier molecular flexibility index (Phi) is 8.39. The van der Waals surface area contributed by atoms with Crippen LogP contribution in [0.15, 0.2) is 218 Å². The van der Waals surface area contributed by atoms with E-state index in [1.54, 1.807) is 0 Å².